The van der Waals surface area contributed by atoms with Crippen LogP contribution in [0.2, 0.25) is 0 Å². The van der Waals surface area contributed by atoms with Crippen LogP contribution >= 0.6 is 15.9 Å². The Kier molecular flexibility index (Phi) is 7.17. The summed E-state index contributed by atoms with van der Waals surface area (Å²) in [5.41, 5.74) is 2.59. The van der Waals surface area contributed by atoms with Crippen molar-refractivity contribution in [2.75, 3.05) is 33.3 Å². The molecule has 2 atom stereocenters. The zero-order chi connectivity index (χ0) is 24.2. The number of methoxy groups -OCH3 is 4. The van der Waals surface area contributed by atoms with E-state index in [-0.39, 0.29) is 16.8 Å². The Morgan fingerprint density at radius 2 is 1.44 bits per heavy atom. The van der Waals surface area contributed by atoms with Gasteiger partial charge in [-0.1, -0.05) is 52.3 Å². The zero-order valence-corrected chi connectivity index (χ0v) is 21.0. The first-order chi connectivity index (χ1) is 16.5. The van der Waals surface area contributed by atoms with Crippen LogP contribution in [0.3, 0.4) is 0 Å². The van der Waals surface area contributed by atoms with Gasteiger partial charge < -0.3 is 28.6 Å². The molecule has 1 amide bonds. The minimum atomic E-state index is -0.387. The number of hydrogen-bond acceptors (Lipinski definition) is 6. The molecular formula is C26H26BrNO6. The van der Waals surface area contributed by atoms with Crippen LogP contribution in [0, 0.1) is 0 Å². The average Bonchev–Trinajstić information content (AvgIpc) is 2.89. The van der Waals surface area contributed by atoms with Gasteiger partial charge in [-0.15, -0.1) is 0 Å². The van der Waals surface area contributed by atoms with E-state index < -0.39 is 0 Å². The maximum Gasteiger partial charge on any atom is 0.243 e. The number of halogens is 1. The second kappa shape index (κ2) is 10.3. The van der Waals surface area contributed by atoms with Crippen LogP contribution < -0.4 is 28.6 Å². The third-order valence-corrected chi connectivity index (χ3v) is 6.62. The molecule has 1 fully saturated rings. The summed E-state index contributed by atoms with van der Waals surface area (Å²) in [6, 6.07) is 18.9. The van der Waals surface area contributed by atoms with Crippen molar-refractivity contribution >= 4 is 27.5 Å². The van der Waals surface area contributed by atoms with E-state index in [9.17, 15) is 4.79 Å². The number of rotatable bonds is 9. The van der Waals surface area contributed by atoms with Gasteiger partial charge >= 0.3 is 0 Å². The fraction of sp³-hybridized carbons (Fsp3) is 0.269. The number of β-lactam (4-membered cyclic amide) rings is 1. The van der Waals surface area contributed by atoms with Gasteiger partial charge in [-0.3, -0.25) is 4.79 Å². The quantitative estimate of drug-likeness (QED) is 0.283. The van der Waals surface area contributed by atoms with Crippen molar-refractivity contribution in [3.05, 3.63) is 71.8 Å². The highest BCUT2D eigenvalue weighted by Crippen LogP contribution is 2.49. The predicted molar refractivity (Wildman–Crippen MR) is 133 cm³/mol. The van der Waals surface area contributed by atoms with Crippen LogP contribution in [0.15, 0.2) is 60.7 Å². The Bertz CT molecular complexity index is 1140. The van der Waals surface area contributed by atoms with Gasteiger partial charge in [0.1, 0.15) is 11.4 Å². The molecule has 0 aliphatic carbocycles. The normalized spacial score (nSPS) is 17.1. The molecule has 4 rings (SSSR count). The van der Waals surface area contributed by atoms with E-state index in [4.69, 9.17) is 23.7 Å². The van der Waals surface area contributed by atoms with E-state index in [0.717, 1.165) is 11.1 Å². The van der Waals surface area contributed by atoms with E-state index in [1.165, 1.54) is 0 Å². The number of carbonyl (C=O) groups excluding carboxylic acids is 1. The van der Waals surface area contributed by atoms with Crippen molar-refractivity contribution in [1.29, 1.82) is 0 Å². The molecule has 0 N–H and O–H groups in total. The van der Waals surface area contributed by atoms with Gasteiger partial charge in [-0.25, -0.2) is 0 Å². The molecule has 1 aliphatic rings. The summed E-state index contributed by atoms with van der Waals surface area (Å²) < 4.78 is 27.9. The topological polar surface area (TPSA) is 66.5 Å². The first-order valence-corrected chi connectivity index (χ1v) is 11.6. The first kappa shape index (κ1) is 23.8. The number of carbonyl (C=O) groups is 1. The number of hydrogen-bond donors (Lipinski definition) is 0. The molecule has 0 aromatic heterocycles. The molecule has 1 saturated heterocycles. The molecule has 0 bridgehead atoms. The van der Waals surface area contributed by atoms with Crippen LogP contribution in [0.5, 0.6) is 28.7 Å². The van der Waals surface area contributed by atoms with E-state index >= 15 is 0 Å². The second-order valence-electron chi connectivity index (χ2n) is 7.62. The Morgan fingerprint density at radius 3 is 2.03 bits per heavy atom. The molecule has 3 aromatic carbocycles. The van der Waals surface area contributed by atoms with Crippen LogP contribution in [-0.4, -0.2) is 39.2 Å². The standard InChI is InChI=1S/C26H26BrNO6/c1-30-19-11-10-17(12-20(19)34-15-16-8-6-5-7-9-16)24-23(27)26(29)28(24)18-13-21(31-2)25(33-4)22(14-18)32-3/h5-14,23-24H,15H2,1-4H3/t23?,24-/m0/s1. The maximum atomic E-state index is 12.9. The largest absolute Gasteiger partial charge is 0.493 e. The molecule has 1 unspecified atom stereocenters. The van der Waals surface area contributed by atoms with Crippen molar-refractivity contribution in [3.63, 3.8) is 0 Å². The van der Waals surface area contributed by atoms with Gasteiger partial charge in [0.05, 0.1) is 40.2 Å². The summed E-state index contributed by atoms with van der Waals surface area (Å²) >= 11 is 3.55. The predicted octanol–water partition coefficient (Wildman–Crippen LogP) is 5.15. The molecule has 178 valence electrons. The van der Waals surface area contributed by atoms with E-state index in [0.29, 0.717) is 41.0 Å². The lowest BCUT2D eigenvalue weighted by Gasteiger charge is -2.45. The summed E-state index contributed by atoms with van der Waals surface area (Å²) in [4.78, 5) is 14.2. The average molecular weight is 528 g/mol. The van der Waals surface area contributed by atoms with Crippen LogP contribution in [0.1, 0.15) is 17.2 Å². The van der Waals surface area contributed by atoms with Gasteiger partial charge in [0, 0.05) is 12.1 Å². The third kappa shape index (κ3) is 4.37. The highest BCUT2D eigenvalue weighted by Gasteiger charge is 2.48. The lowest BCUT2D eigenvalue weighted by atomic mass is 9.92. The van der Waals surface area contributed by atoms with Gasteiger partial charge in [-0.05, 0) is 23.3 Å². The fourth-order valence-electron chi connectivity index (χ4n) is 3.99. The first-order valence-electron chi connectivity index (χ1n) is 10.6. The monoisotopic (exact) mass is 527 g/mol. The van der Waals surface area contributed by atoms with Crippen molar-refractivity contribution in [2.45, 2.75) is 17.5 Å². The second-order valence-corrected chi connectivity index (χ2v) is 8.61. The van der Waals surface area contributed by atoms with Crippen molar-refractivity contribution in [2.24, 2.45) is 0 Å². The molecule has 0 saturated carbocycles. The molecule has 8 heteroatoms. The highest BCUT2D eigenvalue weighted by molar-refractivity contribution is 9.10. The number of amides is 1. The Labute approximate surface area is 207 Å². The highest BCUT2D eigenvalue weighted by atomic mass is 79.9. The van der Waals surface area contributed by atoms with Crippen LogP contribution in [0.25, 0.3) is 0 Å². The zero-order valence-electron chi connectivity index (χ0n) is 19.4. The van der Waals surface area contributed by atoms with Crippen molar-refractivity contribution in [3.8, 4) is 28.7 Å². The summed E-state index contributed by atoms with van der Waals surface area (Å²) in [6.45, 7) is 0.401. The lowest BCUT2D eigenvalue weighted by molar-refractivity contribution is -0.123. The summed E-state index contributed by atoms with van der Waals surface area (Å²) in [6.07, 6.45) is 0. The minimum Gasteiger partial charge on any atom is -0.493 e. The molecule has 1 heterocycles. The van der Waals surface area contributed by atoms with Crippen molar-refractivity contribution < 1.29 is 28.5 Å². The molecular weight excluding hydrogens is 502 g/mol. The third-order valence-electron chi connectivity index (χ3n) is 5.72. The maximum absolute atomic E-state index is 12.9. The minimum absolute atomic E-state index is 0.0677. The van der Waals surface area contributed by atoms with Crippen LogP contribution in [-0.2, 0) is 11.4 Å². The lowest BCUT2D eigenvalue weighted by Crippen LogP contribution is -2.56. The number of ether oxygens (including phenoxy) is 5. The fourth-order valence-corrected chi connectivity index (χ4v) is 4.75. The summed E-state index contributed by atoms with van der Waals surface area (Å²) in [5, 5.41) is 0. The molecule has 34 heavy (non-hydrogen) atoms. The number of anilines is 1. The number of alkyl halides is 1. The Morgan fingerprint density at radius 1 is 0.794 bits per heavy atom. The van der Waals surface area contributed by atoms with Gasteiger partial charge in [0.2, 0.25) is 11.7 Å². The SMILES string of the molecule is COc1ccc([C@H]2C(Br)C(=O)N2c2cc(OC)c(OC)c(OC)c2)cc1OCc1ccccc1. The Hall–Kier alpha value is -3.39. The molecule has 0 spiro atoms. The van der Waals surface area contributed by atoms with Crippen LogP contribution in [0.4, 0.5) is 5.69 Å². The van der Waals surface area contributed by atoms with Gasteiger partial charge in [-0.2, -0.15) is 0 Å². The number of nitrogens with zero attached hydrogens (tertiary/aromatic N) is 1. The van der Waals surface area contributed by atoms with E-state index in [1.54, 1.807) is 45.5 Å². The Balaban J connectivity index is 1.67. The summed E-state index contributed by atoms with van der Waals surface area (Å²) in [7, 11) is 6.24. The smallest absolute Gasteiger partial charge is 0.243 e. The van der Waals surface area contributed by atoms with E-state index in [1.807, 2.05) is 48.5 Å². The molecule has 0 radical (unpaired) electrons. The van der Waals surface area contributed by atoms with E-state index in [2.05, 4.69) is 15.9 Å². The van der Waals surface area contributed by atoms with Gasteiger partial charge in [0.25, 0.3) is 0 Å². The molecule has 3 aromatic rings. The molecule has 1 aliphatic heterocycles. The summed E-state index contributed by atoms with van der Waals surface area (Å²) in [5.74, 6) is 2.58. The van der Waals surface area contributed by atoms with Gasteiger partial charge in [0.15, 0.2) is 23.0 Å². The number of benzene rings is 3. The molecule has 7 nitrogen and oxygen atoms in total. The van der Waals surface area contributed by atoms with Crippen molar-refractivity contribution in [1.82, 2.24) is 0 Å².